The summed E-state index contributed by atoms with van der Waals surface area (Å²) >= 11 is 1.75. The lowest BCUT2D eigenvalue weighted by molar-refractivity contribution is -0.655. The van der Waals surface area contributed by atoms with E-state index < -0.39 is 6.98 Å². The second-order valence-electron chi connectivity index (χ2n) is 30.3. The average molecular weight is 1600 g/mol. The van der Waals surface area contributed by atoms with Crippen molar-refractivity contribution in [1.82, 2.24) is 77.2 Å². The summed E-state index contributed by atoms with van der Waals surface area (Å²) in [6.45, 7) is 1.46. The number of pyridine rings is 10. The molecule has 24 aromatic rings. The van der Waals surface area contributed by atoms with Crippen molar-refractivity contribution in [3.63, 3.8) is 0 Å². The van der Waals surface area contributed by atoms with Crippen LogP contribution in [0.25, 0.3) is 189 Å². The van der Waals surface area contributed by atoms with Gasteiger partial charge in [0, 0.05) is 120 Å². The molecule has 25 heteroatoms. The zero-order valence-electron chi connectivity index (χ0n) is 67.4. The highest BCUT2D eigenvalue weighted by Crippen LogP contribution is 2.44. The third-order valence-corrected chi connectivity index (χ3v) is 24.8. The van der Waals surface area contributed by atoms with E-state index in [0.29, 0.717) is 17.7 Å². The van der Waals surface area contributed by atoms with E-state index >= 15 is 0 Å². The van der Waals surface area contributed by atoms with Crippen LogP contribution in [0.2, 0.25) is 0 Å². The first-order valence-electron chi connectivity index (χ1n) is 41.2. The van der Waals surface area contributed by atoms with Crippen molar-refractivity contribution in [3.05, 3.63) is 333 Å². The maximum atomic E-state index is 8.23. The van der Waals surface area contributed by atoms with E-state index in [4.69, 9.17) is 27.3 Å². The molecule has 29 rings (SSSR count). The number of hydrogen-bond donors (Lipinski definition) is 0. The molecule has 0 N–H and O–H groups in total. The molecule has 0 atom stereocenters. The molecule has 0 unspecified atom stereocenters. The Morgan fingerprint density at radius 2 is 0.694 bits per heavy atom. The van der Waals surface area contributed by atoms with Crippen molar-refractivity contribution in [2.24, 2.45) is 14.0 Å². The highest BCUT2D eigenvalue weighted by Gasteiger charge is 2.44. The number of furan rings is 1. The maximum Gasteiger partial charge on any atom is 0.422 e. The standard InChI is InChI=1S/C26H18N5.2C21H16N5.C14H8N3O2.C14H8N3OS/c1-3-9-19(10-4-1)30-22-13-15-27-16-21(22)24-26(30)29-17-18-8-7-14-28-23(18)25(29)31(24)20-11-5-2-6-12-20;2*1-24-17-9-11-22-12-16(17)19-21(24)25-13-14-6-5-10-23-18(14)20(25)26(19)15-7-3-2-4-8-15;1-2-8-7-17-13(11(8)16-4-1)19-12-9-6-15-5-3-10(9)18-14(12)17;1-2-8-7-17-13(11(8)16-4-1)18-12-9-6-15-5-3-10(9)19-14(12)17/h1-16H,17H2;2*2-12H,13H2,1H3;2*1-6H,7H2/q5*+1/i;1D3;;;. The second-order valence-corrected chi connectivity index (χ2v) is 31.3. The minimum Gasteiger partial charge on any atom is -0.401 e. The summed E-state index contributed by atoms with van der Waals surface area (Å²) in [4.78, 5) is 45.5. The number of hydrogen-bond acceptors (Lipinski definition) is 14. The highest BCUT2D eigenvalue weighted by atomic mass is 32.1. The van der Waals surface area contributed by atoms with Gasteiger partial charge in [0.1, 0.15) is 62.0 Å². The van der Waals surface area contributed by atoms with Crippen molar-refractivity contribution in [3.8, 4) is 80.5 Å². The molecule has 574 valence electrons. The van der Waals surface area contributed by atoms with E-state index in [9.17, 15) is 0 Å². The quantitative estimate of drug-likeness (QED) is 0.150. The molecular weight excluding hydrogens is 1530 g/mol. The highest BCUT2D eigenvalue weighted by molar-refractivity contribution is 7.25. The summed E-state index contributed by atoms with van der Waals surface area (Å²) in [5.41, 5.74) is 27.5. The Hall–Kier alpha value is -16.2. The maximum absolute atomic E-state index is 8.23. The molecule has 20 aromatic heterocycles. The van der Waals surface area contributed by atoms with E-state index in [-0.39, 0.29) is 0 Å². The van der Waals surface area contributed by atoms with Gasteiger partial charge in [0.2, 0.25) is 5.58 Å². The molecule has 5 aliphatic heterocycles. The van der Waals surface area contributed by atoms with Crippen LogP contribution < -0.4 is 22.8 Å². The largest absolute Gasteiger partial charge is 0.422 e. The van der Waals surface area contributed by atoms with E-state index in [2.05, 4.69) is 215 Å². The monoisotopic (exact) mass is 1600 g/mol. The van der Waals surface area contributed by atoms with E-state index in [1.807, 2.05) is 139 Å². The predicted octanol–water partition coefficient (Wildman–Crippen LogP) is 16.2. The molecular formula is C96H66N21O3S+5. The van der Waals surface area contributed by atoms with Crippen LogP contribution in [-0.4, -0.2) is 77.2 Å². The molecule has 0 fully saturated rings. The number of para-hydroxylation sites is 4. The van der Waals surface area contributed by atoms with E-state index in [1.54, 1.807) is 54.6 Å². The van der Waals surface area contributed by atoms with Crippen LogP contribution in [-0.2, 0) is 46.7 Å². The lowest BCUT2D eigenvalue weighted by Gasteiger charge is -2.04. The Kier molecular flexibility index (Phi) is 14.4. The van der Waals surface area contributed by atoms with Crippen LogP contribution in [0.3, 0.4) is 0 Å². The van der Waals surface area contributed by atoms with Gasteiger partial charge in [-0.25, -0.2) is 56.9 Å². The number of aryl methyl sites for hydroxylation is 2. The first-order valence-corrected chi connectivity index (χ1v) is 40.5. The summed E-state index contributed by atoms with van der Waals surface area (Å²) in [7, 11) is 2.13. The van der Waals surface area contributed by atoms with Gasteiger partial charge in [-0.3, -0.25) is 34.1 Å². The number of benzene rings is 4. The van der Waals surface area contributed by atoms with Crippen LogP contribution in [0, 0.1) is 0 Å². The molecule has 0 amide bonds. The predicted molar refractivity (Wildman–Crippen MR) is 459 cm³/mol. The SMILES string of the molecule is Cn1c2ccncc2c2c1[n+]1c(n2-c2ccccc2)-c2ncccc2C1.[2H]C([2H])([2H])n1c2ccncc2c2c1[n+]1c(n2-c2ccccc2)-c2ncccc2C1.c1ccc(-n2c3[n+](c4c2c2cnccc2n4-c2ccccc2)Cc2cccnc2-3)cc1.c1cnc2c(c1)C[n+]1c-2oc2c3cnccc3oc21.c1cnc2c(c1)C[n+]1c-2oc2c3cnccc3sc21. The second kappa shape index (κ2) is 26.7. The van der Waals surface area contributed by atoms with Crippen LogP contribution >= 0.6 is 11.3 Å². The topological polar surface area (TPSA) is 217 Å². The van der Waals surface area contributed by atoms with Gasteiger partial charge in [-0.1, -0.05) is 102 Å². The molecule has 5 aliphatic rings. The fourth-order valence-corrected chi connectivity index (χ4v) is 19.6. The van der Waals surface area contributed by atoms with Crippen molar-refractivity contribution < 1.29 is 40.2 Å². The van der Waals surface area contributed by atoms with Crippen molar-refractivity contribution >= 4 is 120 Å². The van der Waals surface area contributed by atoms with Gasteiger partial charge >= 0.3 is 22.3 Å². The van der Waals surface area contributed by atoms with Crippen molar-refractivity contribution in [1.29, 1.82) is 0 Å². The number of nitrogens with zero attached hydrogens (tertiary/aromatic N) is 21. The number of oxazole rings is 2. The van der Waals surface area contributed by atoms with Crippen molar-refractivity contribution in [2.75, 3.05) is 0 Å². The van der Waals surface area contributed by atoms with Gasteiger partial charge in [-0.2, -0.15) is 0 Å². The molecule has 0 aliphatic carbocycles. The zero-order valence-corrected chi connectivity index (χ0v) is 65.2. The van der Waals surface area contributed by atoms with Crippen LogP contribution in [0.1, 0.15) is 31.9 Å². The molecule has 0 saturated heterocycles. The molecule has 0 saturated carbocycles. The molecule has 0 bridgehead atoms. The number of rotatable bonds is 4. The average Bonchev–Trinajstić information content (AvgIpc) is 1.54. The van der Waals surface area contributed by atoms with Crippen LogP contribution in [0.4, 0.5) is 0 Å². The summed E-state index contributed by atoms with van der Waals surface area (Å²) in [6.07, 6.45) is 27.3. The minimum absolute atomic E-state index is 0.578. The molecule has 25 heterocycles. The zero-order chi connectivity index (χ0) is 82.2. The number of thiophene rings is 1. The fourth-order valence-electron chi connectivity index (χ4n) is 18.6. The van der Waals surface area contributed by atoms with Gasteiger partial charge in [0.25, 0.3) is 40.0 Å². The van der Waals surface area contributed by atoms with E-state index in [0.717, 1.165) is 194 Å². The number of fused-ring (bicyclic) bond motifs is 35. The molecule has 0 radical (unpaired) electrons. The third-order valence-electron chi connectivity index (χ3n) is 23.6. The minimum atomic E-state index is -2.33. The van der Waals surface area contributed by atoms with E-state index in [1.165, 1.54) is 42.6 Å². The van der Waals surface area contributed by atoms with Gasteiger partial charge in [0.15, 0.2) is 41.0 Å². The van der Waals surface area contributed by atoms with Gasteiger partial charge in [-0.15, -0.1) is 9.13 Å². The molecule has 121 heavy (non-hydrogen) atoms. The Labute approximate surface area is 694 Å². The van der Waals surface area contributed by atoms with Gasteiger partial charge in [0.05, 0.1) is 75.8 Å². The first kappa shape index (κ1) is 65.0. The smallest absolute Gasteiger partial charge is 0.401 e. The first-order chi connectivity index (χ1) is 61.1. The van der Waals surface area contributed by atoms with Crippen molar-refractivity contribution in [2.45, 2.75) is 32.7 Å². The normalized spacial score (nSPS) is 13.2. The molecule has 24 nitrogen and oxygen atoms in total. The number of imidazole rings is 3. The Morgan fingerprint density at radius 3 is 1.20 bits per heavy atom. The van der Waals surface area contributed by atoms with Gasteiger partial charge in [-0.05, 0) is 115 Å². The third kappa shape index (κ3) is 10.1. The molecule has 4 aromatic carbocycles. The van der Waals surface area contributed by atoms with Gasteiger partial charge < -0.3 is 13.3 Å². The number of aromatic nitrogens is 21. The molecule has 0 spiro atoms. The lowest BCUT2D eigenvalue weighted by Crippen LogP contribution is -2.33. The Bertz CT molecular complexity index is 8350. The summed E-state index contributed by atoms with van der Waals surface area (Å²) in [6, 6.07) is 71.8. The lowest BCUT2D eigenvalue weighted by atomic mass is 10.2. The fraction of sp³-hybridized carbons (Fsp3) is 0.0729. The Balaban J connectivity index is 0.0000000860. The summed E-state index contributed by atoms with van der Waals surface area (Å²) < 4.78 is 67.7. The summed E-state index contributed by atoms with van der Waals surface area (Å²) in [5, 5.41) is 5.08. The Morgan fingerprint density at radius 1 is 0.322 bits per heavy atom. The van der Waals surface area contributed by atoms with Crippen LogP contribution in [0.5, 0.6) is 0 Å². The summed E-state index contributed by atoms with van der Waals surface area (Å²) in [5.74, 6) is 4.76. The van der Waals surface area contributed by atoms with Crippen LogP contribution in [0.15, 0.2) is 319 Å².